The van der Waals surface area contributed by atoms with Crippen molar-refractivity contribution in [2.45, 2.75) is 19.3 Å². The molecule has 3 aromatic rings. The van der Waals surface area contributed by atoms with Crippen LogP contribution in [0.1, 0.15) is 28.2 Å². The van der Waals surface area contributed by atoms with Crippen molar-refractivity contribution in [1.29, 1.82) is 0 Å². The average molecular weight is 270 g/mol. The van der Waals surface area contributed by atoms with Gasteiger partial charge in [0.15, 0.2) is 0 Å². The molecule has 3 aromatic carbocycles. The van der Waals surface area contributed by atoms with Crippen molar-refractivity contribution in [2.75, 3.05) is 0 Å². The predicted octanol–water partition coefficient (Wildman–Crippen LogP) is 5.35. The Balaban J connectivity index is 1.85. The minimum absolute atomic E-state index is 0.485. The van der Waals surface area contributed by atoms with Crippen molar-refractivity contribution in [3.05, 3.63) is 95.1 Å². The Hall–Kier alpha value is -2.34. The van der Waals surface area contributed by atoms with E-state index in [1.807, 2.05) is 0 Å². The van der Waals surface area contributed by atoms with E-state index in [0.29, 0.717) is 5.92 Å². The maximum Gasteiger partial charge on any atom is 0.0142 e. The third-order valence-corrected chi connectivity index (χ3v) is 4.49. The third kappa shape index (κ3) is 2.08. The van der Waals surface area contributed by atoms with Crippen LogP contribution >= 0.6 is 0 Å². The molecular weight excluding hydrogens is 252 g/mol. The van der Waals surface area contributed by atoms with Gasteiger partial charge in [0.05, 0.1) is 0 Å². The largest absolute Gasteiger partial charge is 0.0622 e. The highest BCUT2D eigenvalue weighted by molar-refractivity contribution is 5.79. The molecule has 0 saturated carbocycles. The van der Waals surface area contributed by atoms with Crippen LogP contribution in [-0.4, -0.2) is 0 Å². The molecule has 1 unspecified atom stereocenters. The maximum absolute atomic E-state index is 2.33. The molecule has 0 bridgehead atoms. The lowest BCUT2D eigenvalue weighted by molar-refractivity contribution is 0.827. The Bertz CT molecular complexity index is 784. The fourth-order valence-electron chi connectivity index (χ4n) is 3.49. The van der Waals surface area contributed by atoms with Crippen LogP contribution in [-0.2, 0) is 6.42 Å². The zero-order valence-corrected chi connectivity index (χ0v) is 12.2. The quantitative estimate of drug-likeness (QED) is 0.589. The van der Waals surface area contributed by atoms with E-state index in [-0.39, 0.29) is 0 Å². The van der Waals surface area contributed by atoms with Crippen LogP contribution in [0.3, 0.4) is 0 Å². The van der Waals surface area contributed by atoms with Crippen molar-refractivity contribution in [3.8, 4) is 11.1 Å². The second-order valence-corrected chi connectivity index (χ2v) is 5.92. The minimum Gasteiger partial charge on any atom is -0.0622 e. The number of hydrogen-bond donors (Lipinski definition) is 0. The molecule has 1 atom stereocenters. The van der Waals surface area contributed by atoms with Gasteiger partial charge in [-0.2, -0.15) is 0 Å². The van der Waals surface area contributed by atoms with E-state index in [2.05, 4.69) is 79.7 Å². The normalized spacial score (nSPS) is 15.6. The maximum atomic E-state index is 2.33. The average Bonchev–Trinajstić information content (AvgIpc) is 2.82. The molecule has 0 heteroatoms. The number of fused-ring (bicyclic) bond motifs is 3. The van der Waals surface area contributed by atoms with Crippen LogP contribution in [0.2, 0.25) is 0 Å². The molecule has 0 amide bonds. The first-order chi connectivity index (χ1) is 10.3. The van der Waals surface area contributed by atoms with Crippen LogP contribution in [0.4, 0.5) is 0 Å². The van der Waals surface area contributed by atoms with Gasteiger partial charge >= 0.3 is 0 Å². The van der Waals surface area contributed by atoms with Gasteiger partial charge in [0.1, 0.15) is 0 Å². The summed E-state index contributed by atoms with van der Waals surface area (Å²) in [4.78, 5) is 0. The molecule has 0 fully saturated rings. The van der Waals surface area contributed by atoms with Gasteiger partial charge in [-0.25, -0.2) is 0 Å². The van der Waals surface area contributed by atoms with Gasteiger partial charge in [0.2, 0.25) is 0 Å². The van der Waals surface area contributed by atoms with Gasteiger partial charge in [-0.3, -0.25) is 0 Å². The smallest absolute Gasteiger partial charge is 0.0142 e. The topological polar surface area (TPSA) is 0 Å². The fraction of sp³-hybridized carbons (Fsp3) is 0.143. The summed E-state index contributed by atoms with van der Waals surface area (Å²) in [5.74, 6) is 0.485. The van der Waals surface area contributed by atoms with E-state index in [9.17, 15) is 0 Å². The zero-order valence-electron chi connectivity index (χ0n) is 12.2. The third-order valence-electron chi connectivity index (χ3n) is 4.49. The van der Waals surface area contributed by atoms with Crippen molar-refractivity contribution in [1.82, 2.24) is 0 Å². The molecule has 1 aliphatic rings. The standard InChI is InChI=1S/C21H18/c1-15-11-12-19-20(13-15)17-9-5-6-10-18(17)21(19)14-16-7-3-2-4-8-16/h2-13,21H,14H2,1H3. The Kier molecular flexibility index (Phi) is 2.89. The zero-order chi connectivity index (χ0) is 14.2. The summed E-state index contributed by atoms with van der Waals surface area (Å²) >= 11 is 0. The molecule has 0 N–H and O–H groups in total. The number of rotatable bonds is 2. The van der Waals surface area contributed by atoms with Gasteiger partial charge in [0.25, 0.3) is 0 Å². The van der Waals surface area contributed by atoms with E-state index >= 15 is 0 Å². The van der Waals surface area contributed by atoms with Crippen molar-refractivity contribution in [2.24, 2.45) is 0 Å². The van der Waals surface area contributed by atoms with Gasteiger partial charge < -0.3 is 0 Å². The summed E-state index contributed by atoms with van der Waals surface area (Å²) in [5.41, 5.74) is 8.53. The highest BCUT2D eigenvalue weighted by Crippen LogP contribution is 2.46. The summed E-state index contributed by atoms with van der Waals surface area (Å²) in [7, 11) is 0. The van der Waals surface area contributed by atoms with E-state index < -0.39 is 0 Å². The summed E-state index contributed by atoms with van der Waals surface area (Å²) in [6.07, 6.45) is 1.08. The first-order valence-corrected chi connectivity index (χ1v) is 7.57. The second-order valence-electron chi connectivity index (χ2n) is 5.92. The van der Waals surface area contributed by atoms with Crippen molar-refractivity contribution >= 4 is 0 Å². The summed E-state index contributed by atoms with van der Waals surface area (Å²) in [5, 5.41) is 0. The van der Waals surface area contributed by atoms with Crippen LogP contribution in [0.25, 0.3) is 11.1 Å². The molecule has 0 nitrogen and oxygen atoms in total. The van der Waals surface area contributed by atoms with Crippen LogP contribution in [0.15, 0.2) is 72.8 Å². The molecule has 0 spiro atoms. The van der Waals surface area contributed by atoms with E-state index in [1.54, 1.807) is 0 Å². The SMILES string of the molecule is Cc1ccc2c(c1)-c1ccccc1C2Cc1ccccc1. The fourth-order valence-corrected chi connectivity index (χ4v) is 3.49. The second kappa shape index (κ2) is 4.89. The first-order valence-electron chi connectivity index (χ1n) is 7.57. The highest BCUT2D eigenvalue weighted by atomic mass is 14.3. The summed E-state index contributed by atoms with van der Waals surface area (Å²) in [6, 6.07) is 26.6. The minimum atomic E-state index is 0.485. The number of hydrogen-bond acceptors (Lipinski definition) is 0. The molecule has 0 heterocycles. The van der Waals surface area contributed by atoms with E-state index in [0.717, 1.165) is 6.42 Å². The van der Waals surface area contributed by atoms with Gasteiger partial charge in [0, 0.05) is 5.92 Å². The molecule has 0 aliphatic heterocycles. The van der Waals surface area contributed by atoms with Crippen LogP contribution in [0, 0.1) is 6.92 Å². The highest BCUT2D eigenvalue weighted by Gasteiger charge is 2.28. The Morgan fingerprint density at radius 1 is 0.714 bits per heavy atom. The Morgan fingerprint density at radius 3 is 2.29 bits per heavy atom. The number of aryl methyl sites for hydroxylation is 1. The van der Waals surface area contributed by atoms with Crippen LogP contribution < -0.4 is 0 Å². The predicted molar refractivity (Wildman–Crippen MR) is 88.6 cm³/mol. The Labute approximate surface area is 126 Å². The summed E-state index contributed by atoms with van der Waals surface area (Å²) < 4.78 is 0. The summed E-state index contributed by atoms with van der Waals surface area (Å²) in [6.45, 7) is 2.17. The molecule has 102 valence electrons. The lowest BCUT2D eigenvalue weighted by Gasteiger charge is -2.14. The van der Waals surface area contributed by atoms with Crippen molar-refractivity contribution < 1.29 is 0 Å². The van der Waals surface area contributed by atoms with Crippen molar-refractivity contribution in [3.63, 3.8) is 0 Å². The monoisotopic (exact) mass is 270 g/mol. The molecule has 0 radical (unpaired) electrons. The molecular formula is C21H18. The molecule has 0 saturated heterocycles. The Morgan fingerprint density at radius 2 is 1.43 bits per heavy atom. The van der Waals surface area contributed by atoms with Gasteiger partial charge in [-0.15, -0.1) is 0 Å². The number of benzene rings is 3. The van der Waals surface area contributed by atoms with Gasteiger partial charge in [-0.05, 0) is 41.2 Å². The van der Waals surface area contributed by atoms with Gasteiger partial charge in [-0.1, -0.05) is 78.4 Å². The first kappa shape index (κ1) is 12.4. The van der Waals surface area contributed by atoms with E-state index in [1.165, 1.54) is 33.4 Å². The molecule has 4 rings (SSSR count). The lowest BCUT2D eigenvalue weighted by Crippen LogP contribution is -2.01. The van der Waals surface area contributed by atoms with Crippen LogP contribution in [0.5, 0.6) is 0 Å². The molecule has 21 heavy (non-hydrogen) atoms. The van der Waals surface area contributed by atoms with E-state index in [4.69, 9.17) is 0 Å². The lowest BCUT2D eigenvalue weighted by atomic mass is 9.90. The molecule has 1 aliphatic carbocycles. The molecule has 0 aromatic heterocycles.